The van der Waals surface area contributed by atoms with Crippen molar-refractivity contribution in [3.8, 4) is 55.6 Å². The molecule has 280 valence electrons. The topological polar surface area (TPSA) is 0 Å². The van der Waals surface area contributed by atoms with Crippen LogP contribution >= 0.6 is 11.3 Å². The molecule has 0 atom stereocenters. The molecule has 0 bridgehead atoms. The molecule has 61 heavy (non-hydrogen) atoms. The minimum Gasteiger partial charge on any atom is -0.135 e. The molecule has 0 nitrogen and oxygen atoms in total. The zero-order valence-electron chi connectivity index (χ0n) is 33.0. The van der Waals surface area contributed by atoms with Crippen LogP contribution in [0, 0.1) is 0 Å². The summed E-state index contributed by atoms with van der Waals surface area (Å²) >= 11 is 1.90. The second-order valence-electron chi connectivity index (χ2n) is 16.7. The molecule has 0 saturated carbocycles. The average Bonchev–Trinajstić information content (AvgIpc) is 3.72. The molecule has 0 N–H and O–H groups in total. The Hall–Kier alpha value is -7.58. The largest absolute Gasteiger partial charge is 0.135 e. The van der Waals surface area contributed by atoms with Gasteiger partial charge < -0.3 is 0 Å². The summed E-state index contributed by atoms with van der Waals surface area (Å²) in [6, 6.07) is 77.9. The summed E-state index contributed by atoms with van der Waals surface area (Å²) in [5.41, 5.74) is 12.6. The van der Waals surface area contributed by atoms with Crippen molar-refractivity contribution in [2.75, 3.05) is 0 Å². The van der Waals surface area contributed by atoms with E-state index in [1.54, 1.807) is 0 Å². The second-order valence-corrected chi connectivity index (χ2v) is 17.7. The molecule has 1 aromatic heterocycles. The predicted molar refractivity (Wildman–Crippen MR) is 265 cm³/mol. The van der Waals surface area contributed by atoms with Crippen LogP contribution in [-0.2, 0) is 0 Å². The summed E-state index contributed by atoms with van der Waals surface area (Å²) in [5.74, 6) is 0. The first-order chi connectivity index (χ1) is 30.3. The van der Waals surface area contributed by atoms with Crippen LogP contribution in [0.3, 0.4) is 0 Å². The first-order valence-corrected chi connectivity index (χ1v) is 22.0. The van der Waals surface area contributed by atoms with E-state index in [-0.39, 0.29) is 0 Å². The number of fused-ring (bicyclic) bond motifs is 23. The van der Waals surface area contributed by atoms with Gasteiger partial charge in [0, 0.05) is 20.2 Å². The molecular weight excluding hydrogens is 753 g/mol. The Bertz CT molecular complexity index is 4000. The van der Waals surface area contributed by atoms with Gasteiger partial charge in [0.15, 0.2) is 0 Å². The quantitative estimate of drug-likeness (QED) is 0.145. The van der Waals surface area contributed by atoms with E-state index in [0.29, 0.717) is 0 Å². The van der Waals surface area contributed by atoms with E-state index in [2.05, 4.69) is 206 Å². The summed E-state index contributed by atoms with van der Waals surface area (Å²) < 4.78 is 2.66. The molecule has 0 radical (unpaired) electrons. The summed E-state index contributed by atoms with van der Waals surface area (Å²) in [4.78, 5) is 0. The lowest BCUT2D eigenvalue weighted by Crippen LogP contribution is -1.99. The molecule has 0 saturated heterocycles. The van der Waals surface area contributed by atoms with E-state index >= 15 is 0 Å². The summed E-state index contributed by atoms with van der Waals surface area (Å²) in [6.45, 7) is 0. The van der Waals surface area contributed by atoms with Gasteiger partial charge in [-0.1, -0.05) is 170 Å². The summed E-state index contributed by atoms with van der Waals surface area (Å²) in [6.07, 6.45) is 0. The smallest absolute Gasteiger partial charge is 0.0433 e. The molecule has 14 rings (SSSR count). The van der Waals surface area contributed by atoms with Gasteiger partial charge in [-0.2, -0.15) is 0 Å². The van der Waals surface area contributed by atoms with Gasteiger partial charge in [0.05, 0.1) is 0 Å². The fourth-order valence-electron chi connectivity index (χ4n) is 10.9. The zero-order valence-corrected chi connectivity index (χ0v) is 33.9. The van der Waals surface area contributed by atoms with E-state index in [4.69, 9.17) is 0 Å². The van der Waals surface area contributed by atoms with Crippen molar-refractivity contribution in [2.45, 2.75) is 0 Å². The van der Waals surface area contributed by atoms with Crippen LogP contribution in [0.5, 0.6) is 0 Å². The van der Waals surface area contributed by atoms with Crippen LogP contribution < -0.4 is 0 Å². The maximum Gasteiger partial charge on any atom is 0.0433 e. The van der Waals surface area contributed by atoms with Crippen molar-refractivity contribution in [3.05, 3.63) is 206 Å². The van der Waals surface area contributed by atoms with Gasteiger partial charge in [-0.15, -0.1) is 11.3 Å². The molecular formula is C60H34S. The Balaban J connectivity index is 1.17. The van der Waals surface area contributed by atoms with Gasteiger partial charge in [0.1, 0.15) is 0 Å². The van der Waals surface area contributed by atoms with Gasteiger partial charge in [-0.25, -0.2) is 0 Å². The van der Waals surface area contributed by atoms with Crippen molar-refractivity contribution in [1.82, 2.24) is 0 Å². The molecule has 13 aromatic rings. The fourth-order valence-corrected chi connectivity index (χ4v) is 12.1. The third-order valence-electron chi connectivity index (χ3n) is 13.6. The SMILES string of the molecule is c1ccc2c(c1)-c1cc3c4ccccc4c4ccccc4c3cc1-c1ccc(-c3cccc4c3sc3ccccc34)cc1-c1cc3c4ccccc4c4ccccc4c3cc1-2. The number of benzene rings is 12. The molecule has 1 aliphatic carbocycles. The van der Waals surface area contributed by atoms with Crippen LogP contribution in [0.2, 0.25) is 0 Å². The van der Waals surface area contributed by atoms with Crippen molar-refractivity contribution >= 4 is 96.1 Å². The van der Waals surface area contributed by atoms with E-state index < -0.39 is 0 Å². The van der Waals surface area contributed by atoms with E-state index in [9.17, 15) is 0 Å². The number of hydrogen-bond acceptors (Lipinski definition) is 1. The maximum atomic E-state index is 2.52. The Morgan fingerprint density at radius 2 is 0.525 bits per heavy atom. The van der Waals surface area contributed by atoms with Gasteiger partial charge in [-0.3, -0.25) is 0 Å². The zero-order chi connectivity index (χ0) is 39.8. The molecule has 1 aliphatic rings. The lowest BCUT2D eigenvalue weighted by molar-refractivity contribution is 1.55. The van der Waals surface area contributed by atoms with Crippen LogP contribution in [-0.4, -0.2) is 0 Å². The van der Waals surface area contributed by atoms with Crippen LogP contribution in [0.4, 0.5) is 0 Å². The lowest BCUT2D eigenvalue weighted by Gasteiger charge is -2.26. The standard InChI is InChI=1S/C60H34S/c1-5-18-41-37(14-1)38-15-3-7-20-43(38)53-33-57-47-29-28-35(36-25-13-26-49-48-24-11-12-27-59(48)61-60(36)49)30-50(47)58-34-55-44-21-8-4-17-40(44)39-16-2-6-19-42(39)52(55)32-56(58)46-23-10-9-22-45(46)54(57)31-51(41)53/h1-34H. The van der Waals surface area contributed by atoms with E-state index in [0.717, 1.165) is 0 Å². The van der Waals surface area contributed by atoms with Gasteiger partial charge >= 0.3 is 0 Å². The first kappa shape index (κ1) is 33.3. The molecule has 12 aromatic carbocycles. The molecule has 0 spiro atoms. The van der Waals surface area contributed by atoms with Crippen molar-refractivity contribution in [1.29, 1.82) is 0 Å². The Morgan fingerprint density at radius 1 is 0.197 bits per heavy atom. The number of rotatable bonds is 1. The highest BCUT2D eigenvalue weighted by Gasteiger charge is 2.26. The Kier molecular flexibility index (Phi) is 6.80. The molecule has 1 heteroatoms. The Morgan fingerprint density at radius 3 is 1.00 bits per heavy atom. The number of hydrogen-bond donors (Lipinski definition) is 0. The molecule has 0 amide bonds. The summed E-state index contributed by atoms with van der Waals surface area (Å²) in [7, 11) is 0. The second kappa shape index (κ2) is 12.5. The van der Waals surface area contributed by atoms with Crippen molar-refractivity contribution in [2.24, 2.45) is 0 Å². The third kappa shape index (κ3) is 4.64. The van der Waals surface area contributed by atoms with E-state index in [1.165, 1.54) is 140 Å². The van der Waals surface area contributed by atoms with Crippen LogP contribution in [0.15, 0.2) is 206 Å². The minimum atomic E-state index is 1.23. The normalized spacial score (nSPS) is 12.3. The molecule has 0 aliphatic heterocycles. The van der Waals surface area contributed by atoms with Crippen LogP contribution in [0.1, 0.15) is 0 Å². The van der Waals surface area contributed by atoms with E-state index in [1.807, 2.05) is 11.3 Å². The molecule has 0 fully saturated rings. The highest BCUT2D eigenvalue weighted by molar-refractivity contribution is 7.26. The fraction of sp³-hybridized carbons (Fsp3) is 0. The highest BCUT2D eigenvalue weighted by Crippen LogP contribution is 2.53. The monoisotopic (exact) mass is 786 g/mol. The number of thiophene rings is 1. The predicted octanol–water partition coefficient (Wildman–Crippen LogP) is 17.6. The highest BCUT2D eigenvalue weighted by atomic mass is 32.1. The average molecular weight is 787 g/mol. The third-order valence-corrected chi connectivity index (χ3v) is 14.8. The van der Waals surface area contributed by atoms with Gasteiger partial charge in [-0.05, 0) is 157 Å². The summed E-state index contributed by atoms with van der Waals surface area (Å²) in [5, 5.41) is 18.1. The minimum absolute atomic E-state index is 1.23. The first-order valence-electron chi connectivity index (χ1n) is 21.2. The van der Waals surface area contributed by atoms with Gasteiger partial charge in [0.25, 0.3) is 0 Å². The van der Waals surface area contributed by atoms with Gasteiger partial charge in [0.2, 0.25) is 0 Å². The van der Waals surface area contributed by atoms with Crippen LogP contribution in [0.25, 0.3) is 140 Å². The van der Waals surface area contributed by atoms with Crippen molar-refractivity contribution < 1.29 is 0 Å². The maximum absolute atomic E-state index is 2.52. The Labute approximate surface area is 356 Å². The molecule has 1 heterocycles. The van der Waals surface area contributed by atoms with Crippen molar-refractivity contribution in [3.63, 3.8) is 0 Å². The molecule has 0 unspecified atom stereocenters. The lowest BCUT2D eigenvalue weighted by atomic mass is 9.77.